The predicted octanol–water partition coefficient (Wildman–Crippen LogP) is 2.64. The van der Waals surface area contributed by atoms with Gasteiger partial charge in [0.2, 0.25) is 5.91 Å². The molecular weight excluding hydrogens is 257 g/mol. The molecule has 3 N–H and O–H groups in total. The summed E-state index contributed by atoms with van der Waals surface area (Å²) in [6.45, 7) is 1.42. The average molecular weight is 267 g/mol. The van der Waals surface area contributed by atoms with Crippen LogP contribution in [0.15, 0.2) is 18.2 Å². The Morgan fingerprint density at radius 1 is 1.41 bits per heavy atom. The Morgan fingerprint density at radius 3 is 2.47 bits per heavy atom. The van der Waals surface area contributed by atoms with Gasteiger partial charge in [0.25, 0.3) is 0 Å². The Hall–Kier alpha value is -1.27. The van der Waals surface area contributed by atoms with Gasteiger partial charge in [-0.3, -0.25) is 4.79 Å². The van der Waals surface area contributed by atoms with Crippen molar-refractivity contribution < 1.29 is 18.0 Å². The smallest absolute Gasteiger partial charge is 0.325 e. The van der Waals surface area contributed by atoms with Crippen LogP contribution in [0.3, 0.4) is 0 Å². The maximum Gasteiger partial charge on any atom is 0.416 e. The second-order valence-electron chi connectivity index (χ2n) is 3.50. The van der Waals surface area contributed by atoms with Crippen LogP contribution in [0.4, 0.5) is 18.9 Å². The van der Waals surface area contributed by atoms with Crippen molar-refractivity contribution in [2.24, 2.45) is 5.73 Å². The van der Waals surface area contributed by atoms with Crippen molar-refractivity contribution in [3.05, 3.63) is 28.8 Å². The summed E-state index contributed by atoms with van der Waals surface area (Å²) < 4.78 is 37.3. The third kappa shape index (κ3) is 3.90. The molecule has 0 aliphatic heterocycles. The van der Waals surface area contributed by atoms with E-state index in [0.717, 1.165) is 12.1 Å². The molecule has 0 saturated carbocycles. The van der Waals surface area contributed by atoms with Crippen LogP contribution in [-0.4, -0.2) is 11.9 Å². The van der Waals surface area contributed by atoms with Crippen molar-refractivity contribution in [2.75, 3.05) is 5.32 Å². The van der Waals surface area contributed by atoms with Gasteiger partial charge >= 0.3 is 6.18 Å². The summed E-state index contributed by atoms with van der Waals surface area (Å²) >= 11 is 5.54. The number of hydrogen-bond acceptors (Lipinski definition) is 2. The summed E-state index contributed by atoms with van der Waals surface area (Å²) in [5.74, 6) is -0.583. The topological polar surface area (TPSA) is 55.1 Å². The zero-order chi connectivity index (χ0) is 13.2. The molecule has 1 aromatic rings. The van der Waals surface area contributed by atoms with E-state index in [2.05, 4.69) is 5.32 Å². The van der Waals surface area contributed by atoms with Gasteiger partial charge in [-0.2, -0.15) is 13.2 Å². The number of carbonyl (C=O) groups excluding carboxylic acids is 1. The fourth-order valence-electron chi connectivity index (χ4n) is 1.08. The van der Waals surface area contributed by atoms with Gasteiger partial charge in [0.15, 0.2) is 0 Å². The highest BCUT2D eigenvalue weighted by atomic mass is 35.5. The molecule has 0 aliphatic carbocycles. The number of benzene rings is 1. The van der Waals surface area contributed by atoms with Crippen LogP contribution in [0.1, 0.15) is 12.5 Å². The molecule has 1 amide bonds. The molecule has 0 bridgehead atoms. The van der Waals surface area contributed by atoms with Crippen molar-refractivity contribution in [3.8, 4) is 0 Å². The fraction of sp³-hybridized carbons (Fsp3) is 0.300. The van der Waals surface area contributed by atoms with Crippen molar-refractivity contribution in [2.45, 2.75) is 19.1 Å². The standard InChI is InChI=1S/C10H10ClF3N2O/c1-5(15)9(17)16-8-3-6(10(12,13)14)2-7(11)4-8/h2-5H,15H2,1H3,(H,16,17)/t5-/m1/s1. The summed E-state index contributed by atoms with van der Waals surface area (Å²) in [5, 5.41) is 2.13. The zero-order valence-corrected chi connectivity index (χ0v) is 9.56. The van der Waals surface area contributed by atoms with E-state index in [1.165, 1.54) is 13.0 Å². The Kier molecular flexibility index (Phi) is 4.00. The van der Waals surface area contributed by atoms with Gasteiger partial charge in [-0.15, -0.1) is 0 Å². The normalized spacial score (nSPS) is 13.3. The number of nitrogens with one attached hydrogen (secondary N) is 1. The highest BCUT2D eigenvalue weighted by molar-refractivity contribution is 6.31. The van der Waals surface area contributed by atoms with Crippen LogP contribution in [0.2, 0.25) is 5.02 Å². The lowest BCUT2D eigenvalue weighted by Gasteiger charge is -2.12. The molecule has 7 heteroatoms. The van der Waals surface area contributed by atoms with Crippen LogP contribution in [0.25, 0.3) is 0 Å². The minimum atomic E-state index is -4.52. The lowest BCUT2D eigenvalue weighted by Crippen LogP contribution is -2.32. The molecule has 1 atom stereocenters. The first-order chi connectivity index (χ1) is 7.70. The summed E-state index contributed by atoms with van der Waals surface area (Å²) in [6.07, 6.45) is -4.52. The SMILES string of the molecule is C[C@@H](N)C(=O)Nc1cc(Cl)cc(C(F)(F)F)c1. The molecule has 17 heavy (non-hydrogen) atoms. The van der Waals surface area contributed by atoms with Gasteiger partial charge in [-0.1, -0.05) is 11.6 Å². The van der Waals surface area contributed by atoms with E-state index in [4.69, 9.17) is 17.3 Å². The molecule has 0 saturated heterocycles. The second kappa shape index (κ2) is 4.93. The van der Waals surface area contributed by atoms with Crippen molar-refractivity contribution >= 4 is 23.2 Å². The maximum absolute atomic E-state index is 12.4. The van der Waals surface area contributed by atoms with E-state index in [1.54, 1.807) is 0 Å². The Morgan fingerprint density at radius 2 is 2.00 bits per heavy atom. The fourth-order valence-corrected chi connectivity index (χ4v) is 1.32. The Balaban J connectivity index is 3.02. The number of nitrogens with two attached hydrogens (primary N) is 1. The maximum atomic E-state index is 12.4. The van der Waals surface area contributed by atoms with Gasteiger partial charge in [0, 0.05) is 10.7 Å². The molecule has 0 spiro atoms. The van der Waals surface area contributed by atoms with E-state index in [-0.39, 0.29) is 10.7 Å². The zero-order valence-electron chi connectivity index (χ0n) is 8.81. The van der Waals surface area contributed by atoms with Gasteiger partial charge in [0.1, 0.15) is 0 Å². The molecular formula is C10H10ClF3N2O. The van der Waals surface area contributed by atoms with Crippen LogP contribution in [-0.2, 0) is 11.0 Å². The molecule has 0 radical (unpaired) electrons. The predicted molar refractivity (Wildman–Crippen MR) is 58.7 cm³/mol. The van der Waals surface area contributed by atoms with Gasteiger partial charge in [-0.05, 0) is 25.1 Å². The molecule has 0 heterocycles. The lowest BCUT2D eigenvalue weighted by molar-refractivity contribution is -0.137. The summed E-state index contributed by atoms with van der Waals surface area (Å²) in [5.41, 5.74) is 4.32. The number of halogens is 4. The Labute approximate surface area is 101 Å². The van der Waals surface area contributed by atoms with Gasteiger partial charge in [-0.25, -0.2) is 0 Å². The van der Waals surface area contributed by atoms with Crippen LogP contribution < -0.4 is 11.1 Å². The third-order valence-corrected chi connectivity index (χ3v) is 2.12. The number of hydrogen-bond donors (Lipinski definition) is 2. The summed E-state index contributed by atoms with van der Waals surface area (Å²) in [7, 11) is 0. The van der Waals surface area contributed by atoms with E-state index in [9.17, 15) is 18.0 Å². The van der Waals surface area contributed by atoms with E-state index < -0.39 is 23.7 Å². The first kappa shape index (κ1) is 13.8. The molecule has 94 valence electrons. The summed E-state index contributed by atoms with van der Waals surface area (Å²) in [6, 6.07) is 1.98. The lowest BCUT2D eigenvalue weighted by atomic mass is 10.2. The molecule has 0 fully saturated rings. The highest BCUT2D eigenvalue weighted by Gasteiger charge is 2.31. The van der Waals surface area contributed by atoms with E-state index in [1.807, 2.05) is 0 Å². The largest absolute Gasteiger partial charge is 0.416 e. The quantitative estimate of drug-likeness (QED) is 0.865. The molecule has 1 aromatic carbocycles. The second-order valence-corrected chi connectivity index (χ2v) is 3.94. The number of amides is 1. The van der Waals surface area contributed by atoms with E-state index >= 15 is 0 Å². The van der Waals surface area contributed by atoms with Crippen molar-refractivity contribution in [1.82, 2.24) is 0 Å². The first-order valence-electron chi connectivity index (χ1n) is 4.64. The van der Waals surface area contributed by atoms with Gasteiger partial charge < -0.3 is 11.1 Å². The third-order valence-electron chi connectivity index (χ3n) is 1.91. The minimum absolute atomic E-state index is 0.0351. The molecule has 3 nitrogen and oxygen atoms in total. The molecule has 1 rings (SSSR count). The van der Waals surface area contributed by atoms with Crippen LogP contribution in [0, 0.1) is 0 Å². The number of anilines is 1. The van der Waals surface area contributed by atoms with E-state index in [0.29, 0.717) is 0 Å². The minimum Gasteiger partial charge on any atom is -0.325 e. The Bertz CT molecular complexity index is 432. The molecule has 0 aliphatic rings. The average Bonchev–Trinajstić information content (AvgIpc) is 2.15. The van der Waals surface area contributed by atoms with Crippen molar-refractivity contribution in [3.63, 3.8) is 0 Å². The molecule has 0 unspecified atom stereocenters. The number of rotatable bonds is 2. The number of alkyl halides is 3. The van der Waals surface area contributed by atoms with Crippen LogP contribution in [0.5, 0.6) is 0 Å². The monoisotopic (exact) mass is 266 g/mol. The number of carbonyl (C=O) groups is 1. The first-order valence-corrected chi connectivity index (χ1v) is 5.02. The summed E-state index contributed by atoms with van der Waals surface area (Å²) in [4.78, 5) is 11.2. The van der Waals surface area contributed by atoms with Gasteiger partial charge in [0.05, 0.1) is 11.6 Å². The highest BCUT2D eigenvalue weighted by Crippen LogP contribution is 2.33. The van der Waals surface area contributed by atoms with Crippen molar-refractivity contribution in [1.29, 1.82) is 0 Å². The molecule has 0 aromatic heterocycles. The van der Waals surface area contributed by atoms with Crippen LogP contribution >= 0.6 is 11.6 Å².